The summed E-state index contributed by atoms with van der Waals surface area (Å²) in [6, 6.07) is 14.4. The molecular formula is C40H54N6O8. The minimum absolute atomic E-state index is 0.000694. The van der Waals surface area contributed by atoms with E-state index in [0.29, 0.717) is 18.5 Å². The van der Waals surface area contributed by atoms with E-state index in [-0.39, 0.29) is 38.5 Å². The largest absolute Gasteiger partial charge is 0.459 e. The lowest BCUT2D eigenvalue weighted by molar-refractivity contribution is -0.154. The van der Waals surface area contributed by atoms with Gasteiger partial charge in [-0.1, -0.05) is 74.5 Å². The summed E-state index contributed by atoms with van der Waals surface area (Å²) in [7, 11) is 0. The highest BCUT2D eigenvalue weighted by Crippen LogP contribution is 2.21. The van der Waals surface area contributed by atoms with Crippen LogP contribution in [0.2, 0.25) is 0 Å². The molecule has 2 heterocycles. The Morgan fingerprint density at radius 3 is 2.13 bits per heavy atom. The fourth-order valence-electron chi connectivity index (χ4n) is 6.08. The number of nitrogens with zero attached hydrogens (tertiary/aromatic N) is 2. The van der Waals surface area contributed by atoms with Gasteiger partial charge >= 0.3 is 12.1 Å². The van der Waals surface area contributed by atoms with E-state index in [1.165, 1.54) is 11.2 Å². The van der Waals surface area contributed by atoms with Gasteiger partial charge in [0, 0.05) is 24.9 Å². The molecule has 0 unspecified atom stereocenters. The molecule has 14 nitrogen and oxygen atoms in total. The number of hydrogen-bond donors (Lipinski definition) is 4. The Balaban J connectivity index is 1.49. The predicted octanol–water partition coefficient (Wildman–Crippen LogP) is 4.20. The van der Waals surface area contributed by atoms with Gasteiger partial charge in [-0.25, -0.2) is 14.6 Å². The van der Waals surface area contributed by atoms with Gasteiger partial charge in [0.25, 0.3) is 0 Å². The first-order chi connectivity index (χ1) is 25.7. The number of alkyl carbamates (subject to hydrolysis) is 1. The fourth-order valence-corrected chi connectivity index (χ4v) is 6.08. The van der Waals surface area contributed by atoms with Gasteiger partial charge < -0.3 is 40.0 Å². The Kier molecular flexibility index (Phi) is 15.2. The molecule has 4 amide bonds. The third kappa shape index (κ3) is 13.0. The summed E-state index contributed by atoms with van der Waals surface area (Å²) < 4.78 is 17.1. The van der Waals surface area contributed by atoms with E-state index in [9.17, 15) is 24.0 Å². The second-order valence-corrected chi connectivity index (χ2v) is 14.9. The Hall–Kier alpha value is -5.24. The van der Waals surface area contributed by atoms with Crippen LogP contribution in [-0.4, -0.2) is 87.1 Å². The van der Waals surface area contributed by atoms with E-state index in [1.807, 2.05) is 74.5 Å². The van der Waals surface area contributed by atoms with Crippen LogP contribution >= 0.6 is 0 Å². The minimum Gasteiger partial charge on any atom is -0.459 e. The number of benzene rings is 2. The Morgan fingerprint density at radius 1 is 0.889 bits per heavy atom. The lowest BCUT2D eigenvalue weighted by atomic mass is 10.0. The molecule has 1 aliphatic heterocycles. The lowest BCUT2D eigenvalue weighted by Crippen LogP contribution is -2.59. The van der Waals surface area contributed by atoms with Gasteiger partial charge in [0.2, 0.25) is 17.7 Å². The zero-order valence-corrected chi connectivity index (χ0v) is 32.0. The third-order valence-corrected chi connectivity index (χ3v) is 8.75. The molecule has 5 atom stereocenters. The summed E-state index contributed by atoms with van der Waals surface area (Å²) in [5.74, 6) is -2.28. The van der Waals surface area contributed by atoms with E-state index in [2.05, 4.69) is 25.9 Å². The average molecular weight is 747 g/mol. The zero-order chi connectivity index (χ0) is 39.3. The molecule has 0 saturated carbocycles. The van der Waals surface area contributed by atoms with Crippen molar-refractivity contribution in [2.24, 2.45) is 5.92 Å². The molecule has 14 heteroatoms. The number of likely N-dealkylation sites (tertiary alicyclic amines) is 1. The number of rotatable bonds is 17. The molecule has 2 aromatic carbocycles. The zero-order valence-electron chi connectivity index (χ0n) is 32.0. The van der Waals surface area contributed by atoms with Crippen LogP contribution in [0.25, 0.3) is 0 Å². The number of esters is 1. The van der Waals surface area contributed by atoms with Crippen LogP contribution in [0.1, 0.15) is 77.6 Å². The molecule has 0 aliphatic carbocycles. The molecule has 292 valence electrons. The molecule has 4 N–H and O–H groups in total. The van der Waals surface area contributed by atoms with Gasteiger partial charge in [-0.3, -0.25) is 14.4 Å². The Morgan fingerprint density at radius 2 is 1.54 bits per heavy atom. The highest BCUT2D eigenvalue weighted by atomic mass is 16.6. The molecule has 1 saturated heterocycles. The number of imidazole rings is 1. The summed E-state index contributed by atoms with van der Waals surface area (Å²) in [5.41, 5.74) is 1.48. The van der Waals surface area contributed by atoms with Crippen molar-refractivity contribution in [3.63, 3.8) is 0 Å². The predicted molar refractivity (Wildman–Crippen MR) is 200 cm³/mol. The number of H-pyrrole nitrogens is 1. The van der Waals surface area contributed by atoms with E-state index < -0.39 is 65.7 Å². The van der Waals surface area contributed by atoms with Crippen molar-refractivity contribution < 1.29 is 38.2 Å². The smallest absolute Gasteiger partial charge is 0.408 e. The van der Waals surface area contributed by atoms with Crippen LogP contribution in [0, 0.1) is 5.92 Å². The number of aromatic amines is 1. The van der Waals surface area contributed by atoms with Crippen LogP contribution < -0.4 is 16.0 Å². The number of carbonyl (C=O) groups is 5. The van der Waals surface area contributed by atoms with Crippen LogP contribution in [0.15, 0.2) is 73.2 Å². The molecular weight excluding hydrogens is 692 g/mol. The first-order valence-electron chi connectivity index (χ1n) is 18.4. The second kappa shape index (κ2) is 19.7. The number of amides is 4. The lowest BCUT2D eigenvalue weighted by Gasteiger charge is -2.31. The van der Waals surface area contributed by atoms with Gasteiger partial charge in [0.05, 0.1) is 19.0 Å². The topological polar surface area (TPSA) is 181 Å². The maximum Gasteiger partial charge on any atom is 0.408 e. The van der Waals surface area contributed by atoms with Crippen molar-refractivity contribution in [1.82, 2.24) is 30.8 Å². The van der Waals surface area contributed by atoms with Crippen LogP contribution in [-0.2, 0) is 53.0 Å². The van der Waals surface area contributed by atoms with Crippen molar-refractivity contribution in [3.8, 4) is 0 Å². The molecule has 1 fully saturated rings. The maximum atomic E-state index is 14.0. The minimum atomic E-state index is -1.19. The summed E-state index contributed by atoms with van der Waals surface area (Å²) in [4.78, 5) is 76.6. The van der Waals surface area contributed by atoms with Gasteiger partial charge in [-0.15, -0.1) is 0 Å². The van der Waals surface area contributed by atoms with Gasteiger partial charge in [-0.05, 0) is 64.0 Å². The number of ether oxygens (including phenoxy) is 3. The van der Waals surface area contributed by atoms with Crippen LogP contribution in [0.5, 0.6) is 0 Å². The van der Waals surface area contributed by atoms with Gasteiger partial charge in [0.1, 0.15) is 30.3 Å². The maximum absolute atomic E-state index is 14.0. The summed E-state index contributed by atoms with van der Waals surface area (Å²) in [5, 5.41) is 8.33. The number of aromatic nitrogens is 2. The highest BCUT2D eigenvalue weighted by molar-refractivity contribution is 5.95. The van der Waals surface area contributed by atoms with Gasteiger partial charge in [0.15, 0.2) is 6.04 Å². The van der Waals surface area contributed by atoms with Crippen molar-refractivity contribution in [2.45, 2.75) is 116 Å². The number of hydrogen-bond acceptors (Lipinski definition) is 9. The normalized spacial score (nSPS) is 16.5. The molecule has 4 rings (SSSR count). The molecule has 0 radical (unpaired) electrons. The summed E-state index contributed by atoms with van der Waals surface area (Å²) >= 11 is 0. The second-order valence-electron chi connectivity index (χ2n) is 14.9. The van der Waals surface area contributed by atoms with Crippen molar-refractivity contribution in [2.75, 3.05) is 6.54 Å². The van der Waals surface area contributed by atoms with E-state index in [0.717, 1.165) is 11.1 Å². The first-order valence-corrected chi connectivity index (χ1v) is 18.4. The van der Waals surface area contributed by atoms with Crippen LogP contribution in [0.3, 0.4) is 0 Å². The monoisotopic (exact) mass is 746 g/mol. The number of carbonyl (C=O) groups excluding carboxylic acids is 5. The quantitative estimate of drug-likeness (QED) is 0.147. The first kappa shape index (κ1) is 41.5. The van der Waals surface area contributed by atoms with Crippen molar-refractivity contribution >= 4 is 29.8 Å². The van der Waals surface area contributed by atoms with Crippen molar-refractivity contribution in [1.29, 1.82) is 0 Å². The average Bonchev–Trinajstić information content (AvgIpc) is 3.84. The third-order valence-electron chi connectivity index (χ3n) is 8.75. The molecule has 54 heavy (non-hydrogen) atoms. The standard InChI is InChI=1S/C40H54N6O8/c1-26(2)20-31(35(47)45-34(27(3)52-23-28-14-9-7-10-15-28)38(50)53-24-29-16-11-8-12-17-29)43-36(48)33-18-13-19-46(33)37(49)32(21-30-22-41-25-42-30)44-39(51)54-40(4,5)6/h7-12,14-17,22,25-27,31-34H,13,18-21,23-24H2,1-6H3,(H,41,42)(H,43,48)(H,44,51)(H,45,47)/t27-,31+,32+,33+,34+/m1/s1. The van der Waals surface area contributed by atoms with E-state index >= 15 is 0 Å². The Bertz CT molecular complexity index is 1660. The molecule has 0 spiro atoms. The fraction of sp³-hybridized carbons (Fsp3) is 0.500. The summed E-state index contributed by atoms with van der Waals surface area (Å²) in [6.07, 6.45) is 2.71. The van der Waals surface area contributed by atoms with Crippen LogP contribution in [0.4, 0.5) is 4.79 Å². The summed E-state index contributed by atoms with van der Waals surface area (Å²) in [6.45, 7) is 11.1. The van der Waals surface area contributed by atoms with E-state index in [4.69, 9.17) is 14.2 Å². The Labute approximate surface area is 317 Å². The number of nitrogens with one attached hydrogen (secondary N) is 4. The molecule has 0 bridgehead atoms. The highest BCUT2D eigenvalue weighted by Gasteiger charge is 2.40. The molecule has 3 aromatic rings. The molecule has 1 aromatic heterocycles. The van der Waals surface area contributed by atoms with E-state index in [1.54, 1.807) is 33.9 Å². The van der Waals surface area contributed by atoms with Gasteiger partial charge in [-0.2, -0.15) is 0 Å². The molecule has 1 aliphatic rings. The van der Waals surface area contributed by atoms with Crippen molar-refractivity contribution in [3.05, 3.63) is 90.0 Å². The SMILES string of the molecule is CC(C)C[C@H](NC(=O)[C@@H]1CCCN1C(=O)[C@H](Cc1cnc[nH]1)NC(=O)OC(C)(C)C)C(=O)N[C@H](C(=O)OCc1ccccc1)[C@@H](C)OCc1ccccc1.